The van der Waals surface area contributed by atoms with Gasteiger partial charge in [0.2, 0.25) is 0 Å². The van der Waals surface area contributed by atoms with E-state index in [1.54, 1.807) is 0 Å². The van der Waals surface area contributed by atoms with Gasteiger partial charge in [-0.15, -0.1) is 0 Å². The lowest BCUT2D eigenvalue weighted by Crippen LogP contribution is -2.73. The highest BCUT2D eigenvalue weighted by Crippen LogP contribution is 2.69. The largest absolute Gasteiger partial charge is 0.508 e. The quantitative estimate of drug-likeness (QED) is 0.767. The van der Waals surface area contributed by atoms with E-state index in [2.05, 4.69) is 45.7 Å². The Balaban J connectivity index is 2.10. The summed E-state index contributed by atoms with van der Waals surface area (Å²) in [6.07, 6.45) is 3.75. The number of rotatable bonds is 0. The van der Waals surface area contributed by atoms with E-state index >= 15 is 0 Å². The highest BCUT2D eigenvalue weighted by atomic mass is 16.3. The summed E-state index contributed by atoms with van der Waals surface area (Å²) < 4.78 is 0. The Kier molecular flexibility index (Phi) is 3.26. The standard InChI is InChI=1S/C21H31NO2/c1-13-15(23)7-6-14-12-16-20(4)9-8-17(24)19(2,3)21(20,18(13)14)10-11-22(16)5/h6-7,16-17,23-24H,8-12H2,1-5H3/t16-,17?,20?,21-/m0/s1. The summed E-state index contributed by atoms with van der Waals surface area (Å²) in [7, 11) is 2.26. The van der Waals surface area contributed by atoms with Crippen molar-refractivity contribution in [2.45, 2.75) is 70.9 Å². The summed E-state index contributed by atoms with van der Waals surface area (Å²) in [5, 5.41) is 21.4. The molecular formula is C21H31NO2. The predicted molar refractivity (Wildman–Crippen MR) is 96.4 cm³/mol. The lowest BCUT2D eigenvalue weighted by atomic mass is 9.36. The topological polar surface area (TPSA) is 43.7 Å². The molecule has 1 aromatic carbocycles. The number of phenols is 1. The van der Waals surface area contributed by atoms with Gasteiger partial charge >= 0.3 is 0 Å². The van der Waals surface area contributed by atoms with E-state index in [1.165, 1.54) is 11.1 Å². The maximum absolute atomic E-state index is 11.0. The van der Waals surface area contributed by atoms with Crippen molar-refractivity contribution in [2.24, 2.45) is 10.8 Å². The van der Waals surface area contributed by atoms with E-state index in [1.807, 2.05) is 6.07 Å². The van der Waals surface area contributed by atoms with Crippen LogP contribution in [0, 0.1) is 17.8 Å². The number of nitrogens with zero attached hydrogens (tertiary/aromatic N) is 1. The second-order valence-corrected chi connectivity index (χ2v) is 9.29. The average Bonchev–Trinajstić information content (AvgIpc) is 2.51. The number of likely N-dealkylation sites (tertiary alicyclic amines) is 1. The molecule has 4 rings (SSSR count). The Morgan fingerprint density at radius 2 is 1.88 bits per heavy atom. The summed E-state index contributed by atoms with van der Waals surface area (Å²) in [5.41, 5.74) is 3.61. The normalized spacial score (nSPS) is 40.8. The highest BCUT2D eigenvalue weighted by molar-refractivity contribution is 5.54. The third kappa shape index (κ3) is 1.61. The SMILES string of the molecule is Cc1c(O)ccc2c1[C@]13CCN(C)[C@@H](C2)C1(C)CCC(O)C3(C)C. The van der Waals surface area contributed by atoms with E-state index in [0.717, 1.165) is 37.8 Å². The number of fused-ring (bicyclic) bond motifs is 1. The number of aliphatic hydroxyl groups is 1. The number of hydrogen-bond donors (Lipinski definition) is 2. The fourth-order valence-electron chi connectivity index (χ4n) is 6.92. The predicted octanol–water partition coefficient (Wildman–Crippen LogP) is 3.39. The Hall–Kier alpha value is -1.06. The summed E-state index contributed by atoms with van der Waals surface area (Å²) in [5.74, 6) is 0.402. The summed E-state index contributed by atoms with van der Waals surface area (Å²) in [4.78, 5) is 2.54. The molecule has 1 heterocycles. The Morgan fingerprint density at radius 3 is 2.58 bits per heavy atom. The van der Waals surface area contributed by atoms with Gasteiger partial charge in [0.05, 0.1) is 6.10 Å². The molecule has 0 radical (unpaired) electrons. The third-order valence-corrected chi connectivity index (χ3v) is 8.31. The van der Waals surface area contributed by atoms with E-state index in [0.29, 0.717) is 11.8 Å². The molecule has 24 heavy (non-hydrogen) atoms. The molecule has 1 aromatic rings. The first-order chi connectivity index (χ1) is 11.2. The zero-order valence-corrected chi connectivity index (χ0v) is 15.7. The molecule has 2 unspecified atom stereocenters. The molecule has 0 spiro atoms. The first-order valence-electron chi connectivity index (χ1n) is 9.37. The van der Waals surface area contributed by atoms with Gasteiger partial charge in [0.25, 0.3) is 0 Å². The zero-order chi connectivity index (χ0) is 17.5. The van der Waals surface area contributed by atoms with Crippen LogP contribution in [0.5, 0.6) is 5.75 Å². The van der Waals surface area contributed by atoms with Crippen LogP contribution >= 0.6 is 0 Å². The maximum atomic E-state index is 11.0. The van der Waals surface area contributed by atoms with Gasteiger partial charge in [-0.25, -0.2) is 0 Å². The molecule has 132 valence electrons. The maximum Gasteiger partial charge on any atom is 0.118 e. The van der Waals surface area contributed by atoms with Gasteiger partial charge in [-0.1, -0.05) is 26.8 Å². The molecule has 4 atom stereocenters. The molecule has 1 saturated carbocycles. The number of hydrogen-bond acceptors (Lipinski definition) is 3. The van der Waals surface area contributed by atoms with Gasteiger partial charge in [-0.2, -0.15) is 0 Å². The fraction of sp³-hybridized carbons (Fsp3) is 0.714. The number of piperidine rings is 1. The van der Waals surface area contributed by atoms with Gasteiger partial charge in [-0.05, 0) is 74.4 Å². The van der Waals surface area contributed by atoms with Crippen LogP contribution in [0.2, 0.25) is 0 Å². The molecule has 0 aromatic heterocycles. The molecule has 2 bridgehead atoms. The third-order valence-electron chi connectivity index (χ3n) is 8.31. The van der Waals surface area contributed by atoms with Crippen LogP contribution in [-0.4, -0.2) is 40.9 Å². The fourth-order valence-corrected chi connectivity index (χ4v) is 6.92. The van der Waals surface area contributed by atoms with Crippen molar-refractivity contribution in [3.8, 4) is 5.75 Å². The Morgan fingerprint density at radius 1 is 1.17 bits per heavy atom. The lowest BCUT2D eigenvalue weighted by molar-refractivity contribution is -0.178. The van der Waals surface area contributed by atoms with Crippen LogP contribution in [0.4, 0.5) is 0 Å². The van der Waals surface area contributed by atoms with Gasteiger partial charge < -0.3 is 15.1 Å². The molecule has 1 saturated heterocycles. The number of phenolic OH excluding ortho intramolecular Hbond substituents is 1. The van der Waals surface area contributed by atoms with Gasteiger partial charge in [0.15, 0.2) is 0 Å². The van der Waals surface area contributed by atoms with E-state index in [9.17, 15) is 10.2 Å². The Labute approximate surface area is 145 Å². The monoisotopic (exact) mass is 329 g/mol. The minimum absolute atomic E-state index is 0.0781. The lowest BCUT2D eigenvalue weighted by Gasteiger charge is -2.71. The van der Waals surface area contributed by atoms with Crippen LogP contribution in [0.1, 0.15) is 56.7 Å². The van der Waals surface area contributed by atoms with Crippen LogP contribution in [0.3, 0.4) is 0 Å². The molecule has 1 aliphatic heterocycles. The molecule has 2 aliphatic carbocycles. The molecule has 2 N–H and O–H groups in total. The van der Waals surface area contributed by atoms with Gasteiger partial charge in [-0.3, -0.25) is 0 Å². The summed E-state index contributed by atoms with van der Waals surface area (Å²) >= 11 is 0. The van der Waals surface area contributed by atoms with Crippen molar-refractivity contribution < 1.29 is 10.2 Å². The number of aromatic hydroxyl groups is 1. The van der Waals surface area contributed by atoms with Crippen LogP contribution in [-0.2, 0) is 11.8 Å². The van der Waals surface area contributed by atoms with Crippen molar-refractivity contribution in [2.75, 3.05) is 13.6 Å². The first-order valence-corrected chi connectivity index (χ1v) is 9.37. The van der Waals surface area contributed by atoms with E-state index in [4.69, 9.17) is 0 Å². The molecule has 3 heteroatoms. The van der Waals surface area contributed by atoms with Crippen molar-refractivity contribution in [1.29, 1.82) is 0 Å². The summed E-state index contributed by atoms with van der Waals surface area (Å²) in [6, 6.07) is 4.49. The van der Waals surface area contributed by atoms with Crippen molar-refractivity contribution in [3.63, 3.8) is 0 Å². The number of aliphatic hydroxyl groups excluding tert-OH is 1. The number of benzene rings is 1. The number of likely N-dealkylation sites (N-methyl/N-ethyl adjacent to an activating group) is 1. The van der Waals surface area contributed by atoms with E-state index < -0.39 is 0 Å². The average molecular weight is 329 g/mol. The van der Waals surface area contributed by atoms with Crippen LogP contribution in [0.15, 0.2) is 12.1 Å². The second kappa shape index (κ2) is 4.76. The van der Waals surface area contributed by atoms with Crippen molar-refractivity contribution in [1.82, 2.24) is 4.90 Å². The summed E-state index contributed by atoms with van der Waals surface area (Å²) in [6.45, 7) is 10.1. The minimum Gasteiger partial charge on any atom is -0.508 e. The first kappa shape index (κ1) is 16.4. The van der Waals surface area contributed by atoms with Crippen LogP contribution < -0.4 is 0 Å². The van der Waals surface area contributed by atoms with Crippen molar-refractivity contribution >= 4 is 0 Å². The smallest absolute Gasteiger partial charge is 0.118 e. The molecular weight excluding hydrogens is 298 g/mol. The second-order valence-electron chi connectivity index (χ2n) is 9.29. The van der Waals surface area contributed by atoms with Crippen molar-refractivity contribution in [3.05, 3.63) is 28.8 Å². The molecule has 3 aliphatic rings. The zero-order valence-electron chi connectivity index (χ0n) is 15.7. The van der Waals surface area contributed by atoms with Gasteiger partial charge in [0.1, 0.15) is 5.75 Å². The van der Waals surface area contributed by atoms with Gasteiger partial charge in [0, 0.05) is 16.9 Å². The Bertz CT molecular complexity index is 697. The van der Waals surface area contributed by atoms with Crippen LogP contribution in [0.25, 0.3) is 0 Å². The van der Waals surface area contributed by atoms with E-state index in [-0.39, 0.29) is 22.3 Å². The highest BCUT2D eigenvalue weighted by Gasteiger charge is 2.69. The molecule has 3 nitrogen and oxygen atoms in total. The minimum atomic E-state index is -0.290. The molecule has 0 amide bonds. The molecule has 2 fully saturated rings.